The largest absolute Gasteiger partial charge is 0.256 e. The van der Waals surface area contributed by atoms with Crippen LogP contribution in [0.2, 0.25) is 5.02 Å². The Bertz CT molecular complexity index is 684. The average Bonchev–Trinajstić information content (AvgIpc) is 2.75. The summed E-state index contributed by atoms with van der Waals surface area (Å²) in [4.78, 5) is 4.73. The van der Waals surface area contributed by atoms with Crippen LogP contribution in [0.3, 0.4) is 0 Å². The minimum Gasteiger partial charge on any atom is -0.256 e. The highest BCUT2D eigenvalue weighted by molar-refractivity contribution is 6.32. The molecule has 2 aliphatic carbocycles. The molecule has 1 nitrogen and oxygen atoms in total. The minimum absolute atomic E-state index is 0.125. The van der Waals surface area contributed by atoms with Gasteiger partial charge >= 0.3 is 0 Å². The van der Waals surface area contributed by atoms with Gasteiger partial charge in [-0.05, 0) is 30.9 Å². The fraction of sp³-hybridized carbons (Fsp3) is 0.389. The van der Waals surface area contributed by atoms with Crippen LogP contribution in [0.4, 0.5) is 0 Å². The molecule has 1 saturated carbocycles. The summed E-state index contributed by atoms with van der Waals surface area (Å²) in [6, 6.07) is 8.76. The molecule has 0 N–H and O–H groups in total. The van der Waals surface area contributed by atoms with Crippen molar-refractivity contribution in [3.8, 4) is 11.3 Å². The summed E-state index contributed by atoms with van der Waals surface area (Å²) >= 11 is 6.71. The number of pyridine rings is 1. The summed E-state index contributed by atoms with van der Waals surface area (Å²) in [6.45, 7) is 2.06. The molecule has 1 aromatic carbocycles. The second kappa shape index (κ2) is 4.33. The molecule has 0 aliphatic heterocycles. The van der Waals surface area contributed by atoms with E-state index in [1.165, 1.54) is 48.8 Å². The molecule has 0 saturated heterocycles. The third kappa shape index (κ3) is 1.47. The number of rotatable bonds is 0. The maximum atomic E-state index is 6.71. The standard InChI is InChI=1S/C18H18ClN/c1-12-11-20-17-13-7-3-4-8-14(13)18(15(17)16(12)19)9-5-2-6-10-18/h3-4,7-8,11H,2,5-6,9-10H2,1H3. The number of nitrogens with zero attached hydrogens (tertiary/aromatic N) is 1. The van der Waals surface area contributed by atoms with Gasteiger partial charge in [0.15, 0.2) is 0 Å². The lowest BCUT2D eigenvalue weighted by Crippen LogP contribution is -2.28. The van der Waals surface area contributed by atoms with Gasteiger partial charge in [0, 0.05) is 22.7 Å². The summed E-state index contributed by atoms with van der Waals surface area (Å²) in [5.41, 5.74) is 6.41. The van der Waals surface area contributed by atoms with Crippen LogP contribution in [0.1, 0.15) is 48.8 Å². The fourth-order valence-corrected chi connectivity index (χ4v) is 4.46. The molecule has 2 aliphatic rings. The van der Waals surface area contributed by atoms with Gasteiger partial charge in [0.2, 0.25) is 0 Å². The molecule has 0 radical (unpaired) electrons. The van der Waals surface area contributed by atoms with E-state index in [-0.39, 0.29) is 5.41 Å². The number of hydrogen-bond donors (Lipinski definition) is 0. The van der Waals surface area contributed by atoms with Crippen molar-refractivity contribution in [3.05, 3.63) is 52.2 Å². The third-order valence-corrected chi connectivity index (χ3v) is 5.56. The van der Waals surface area contributed by atoms with E-state index < -0.39 is 0 Å². The number of aryl methyl sites for hydroxylation is 1. The SMILES string of the molecule is Cc1cnc2c(c1Cl)C1(CCCCC1)c1ccccc1-2. The lowest BCUT2D eigenvalue weighted by Gasteiger charge is -2.36. The van der Waals surface area contributed by atoms with Gasteiger partial charge in [-0.25, -0.2) is 0 Å². The van der Waals surface area contributed by atoms with Crippen LogP contribution in [0.15, 0.2) is 30.5 Å². The molecular formula is C18H18ClN. The average molecular weight is 284 g/mol. The van der Waals surface area contributed by atoms with Gasteiger partial charge < -0.3 is 0 Å². The Morgan fingerprint density at radius 1 is 1.10 bits per heavy atom. The van der Waals surface area contributed by atoms with E-state index >= 15 is 0 Å². The molecule has 1 spiro atoms. The van der Waals surface area contributed by atoms with E-state index in [1.807, 2.05) is 6.20 Å². The molecule has 0 unspecified atom stereocenters. The number of halogens is 1. The summed E-state index contributed by atoms with van der Waals surface area (Å²) in [6.07, 6.45) is 8.26. The maximum Gasteiger partial charge on any atom is 0.0761 e. The fourth-order valence-electron chi connectivity index (χ4n) is 4.14. The van der Waals surface area contributed by atoms with E-state index in [0.29, 0.717) is 0 Å². The van der Waals surface area contributed by atoms with Crippen molar-refractivity contribution in [2.45, 2.75) is 44.4 Å². The zero-order valence-corrected chi connectivity index (χ0v) is 12.5. The van der Waals surface area contributed by atoms with Gasteiger partial charge in [-0.2, -0.15) is 0 Å². The van der Waals surface area contributed by atoms with E-state index in [2.05, 4.69) is 31.2 Å². The highest BCUT2D eigenvalue weighted by atomic mass is 35.5. The summed E-state index contributed by atoms with van der Waals surface area (Å²) < 4.78 is 0. The molecule has 4 rings (SSSR count). The van der Waals surface area contributed by atoms with Gasteiger partial charge in [-0.1, -0.05) is 55.1 Å². The van der Waals surface area contributed by atoms with Gasteiger partial charge in [0.1, 0.15) is 0 Å². The topological polar surface area (TPSA) is 12.9 Å². The number of fused-ring (bicyclic) bond motifs is 5. The van der Waals surface area contributed by atoms with Gasteiger partial charge in [0.25, 0.3) is 0 Å². The number of hydrogen-bond acceptors (Lipinski definition) is 1. The van der Waals surface area contributed by atoms with Crippen molar-refractivity contribution in [1.82, 2.24) is 4.98 Å². The van der Waals surface area contributed by atoms with E-state index in [9.17, 15) is 0 Å². The predicted molar refractivity (Wildman–Crippen MR) is 83.3 cm³/mol. The first-order valence-corrected chi connectivity index (χ1v) is 7.87. The highest BCUT2D eigenvalue weighted by Crippen LogP contribution is 2.57. The van der Waals surface area contributed by atoms with Crippen LogP contribution in [-0.4, -0.2) is 4.98 Å². The zero-order valence-electron chi connectivity index (χ0n) is 11.7. The molecule has 2 aromatic rings. The quantitative estimate of drug-likeness (QED) is 0.641. The van der Waals surface area contributed by atoms with Crippen LogP contribution in [-0.2, 0) is 5.41 Å². The lowest BCUT2D eigenvalue weighted by atomic mass is 9.68. The van der Waals surface area contributed by atoms with Crippen LogP contribution in [0.5, 0.6) is 0 Å². The highest BCUT2D eigenvalue weighted by Gasteiger charge is 2.45. The van der Waals surface area contributed by atoms with Gasteiger partial charge in [-0.15, -0.1) is 0 Å². The first-order chi connectivity index (χ1) is 9.74. The Kier molecular flexibility index (Phi) is 2.68. The number of aromatic nitrogens is 1. The van der Waals surface area contributed by atoms with Gasteiger partial charge in [0.05, 0.1) is 10.7 Å². The number of benzene rings is 1. The molecular weight excluding hydrogens is 266 g/mol. The molecule has 0 bridgehead atoms. The Morgan fingerprint density at radius 2 is 1.85 bits per heavy atom. The van der Waals surface area contributed by atoms with E-state index in [4.69, 9.17) is 16.6 Å². The molecule has 102 valence electrons. The Balaban J connectivity index is 2.07. The van der Waals surface area contributed by atoms with E-state index in [0.717, 1.165) is 16.3 Å². The monoisotopic (exact) mass is 283 g/mol. The maximum absolute atomic E-state index is 6.71. The normalized spacial score (nSPS) is 18.9. The second-order valence-corrected chi connectivity index (χ2v) is 6.55. The minimum atomic E-state index is 0.125. The lowest BCUT2D eigenvalue weighted by molar-refractivity contribution is 0.352. The van der Waals surface area contributed by atoms with Crippen LogP contribution >= 0.6 is 11.6 Å². The van der Waals surface area contributed by atoms with Crippen molar-refractivity contribution >= 4 is 11.6 Å². The third-order valence-electron chi connectivity index (χ3n) is 5.07. The van der Waals surface area contributed by atoms with Crippen molar-refractivity contribution in [2.24, 2.45) is 0 Å². The predicted octanol–water partition coefficient (Wildman–Crippen LogP) is 5.27. The molecule has 0 atom stereocenters. The van der Waals surface area contributed by atoms with Crippen LogP contribution < -0.4 is 0 Å². The van der Waals surface area contributed by atoms with Crippen LogP contribution in [0, 0.1) is 6.92 Å². The molecule has 1 heterocycles. The summed E-state index contributed by atoms with van der Waals surface area (Å²) in [5, 5.41) is 0.938. The van der Waals surface area contributed by atoms with Crippen molar-refractivity contribution in [2.75, 3.05) is 0 Å². The molecule has 2 heteroatoms. The zero-order chi connectivity index (χ0) is 13.7. The smallest absolute Gasteiger partial charge is 0.0761 e. The molecule has 20 heavy (non-hydrogen) atoms. The molecule has 1 aromatic heterocycles. The van der Waals surface area contributed by atoms with Crippen molar-refractivity contribution in [3.63, 3.8) is 0 Å². The Labute approximate surface area is 125 Å². The Morgan fingerprint density at radius 3 is 2.65 bits per heavy atom. The van der Waals surface area contributed by atoms with E-state index in [1.54, 1.807) is 0 Å². The summed E-state index contributed by atoms with van der Waals surface area (Å²) in [7, 11) is 0. The first kappa shape index (κ1) is 12.4. The van der Waals surface area contributed by atoms with Crippen molar-refractivity contribution in [1.29, 1.82) is 0 Å². The Hall–Kier alpha value is -1.34. The van der Waals surface area contributed by atoms with Crippen LogP contribution in [0.25, 0.3) is 11.3 Å². The van der Waals surface area contributed by atoms with Gasteiger partial charge in [-0.3, -0.25) is 4.98 Å². The summed E-state index contributed by atoms with van der Waals surface area (Å²) in [5.74, 6) is 0. The van der Waals surface area contributed by atoms with Crippen molar-refractivity contribution < 1.29 is 0 Å². The molecule has 0 amide bonds. The molecule has 1 fully saturated rings. The first-order valence-electron chi connectivity index (χ1n) is 7.49. The second-order valence-electron chi connectivity index (χ2n) is 6.17.